The van der Waals surface area contributed by atoms with Crippen molar-refractivity contribution >= 4 is 17.2 Å². The highest BCUT2D eigenvalue weighted by atomic mass is 32.1. The smallest absolute Gasteiger partial charge is 0.167 e. The van der Waals surface area contributed by atoms with Gasteiger partial charge < -0.3 is 15.4 Å². The number of rotatable bonds is 4. The minimum Gasteiger partial charge on any atom is -0.390 e. The number of hydrogen-bond donors (Lipinski definition) is 2. The average molecular weight is 213 g/mol. The fraction of sp³-hybridized carbons (Fsp3) is 0.556. The van der Waals surface area contributed by atoms with Crippen molar-refractivity contribution < 1.29 is 5.11 Å². The zero-order chi connectivity index (χ0) is 10.8. The molecule has 0 saturated carbocycles. The Morgan fingerprint density at radius 3 is 2.86 bits per heavy atom. The Bertz CT molecular complexity index is 327. The Labute approximate surface area is 88.8 Å². The van der Waals surface area contributed by atoms with Gasteiger partial charge in [-0.1, -0.05) is 12.2 Å². The molecule has 14 heavy (non-hydrogen) atoms. The molecule has 0 bridgehead atoms. The molecule has 4 nitrogen and oxygen atoms in total. The van der Waals surface area contributed by atoms with Gasteiger partial charge >= 0.3 is 0 Å². The molecule has 0 radical (unpaired) electrons. The van der Waals surface area contributed by atoms with E-state index >= 15 is 0 Å². The molecule has 0 unspecified atom stereocenters. The number of nitrogens with two attached hydrogens (primary N) is 1. The van der Waals surface area contributed by atoms with Gasteiger partial charge in [-0.05, 0) is 20.3 Å². The molecule has 0 fully saturated rings. The Morgan fingerprint density at radius 2 is 2.36 bits per heavy atom. The third-order valence-electron chi connectivity index (χ3n) is 1.90. The van der Waals surface area contributed by atoms with Crippen molar-refractivity contribution in [2.24, 2.45) is 5.73 Å². The van der Waals surface area contributed by atoms with Crippen LogP contribution in [-0.4, -0.2) is 25.2 Å². The SMILES string of the molecule is CC(C)(O)CCn1ccnc1C(N)=S. The van der Waals surface area contributed by atoms with Gasteiger partial charge in [-0.3, -0.25) is 0 Å². The molecule has 1 rings (SSSR count). The van der Waals surface area contributed by atoms with Crippen molar-refractivity contribution in [3.05, 3.63) is 18.2 Å². The van der Waals surface area contributed by atoms with Crippen LogP contribution in [0.2, 0.25) is 0 Å². The van der Waals surface area contributed by atoms with Gasteiger partial charge in [0.1, 0.15) is 4.99 Å². The van der Waals surface area contributed by atoms with Gasteiger partial charge in [-0.2, -0.15) is 0 Å². The topological polar surface area (TPSA) is 64.1 Å². The van der Waals surface area contributed by atoms with Crippen molar-refractivity contribution in [3.63, 3.8) is 0 Å². The minimum atomic E-state index is -0.683. The van der Waals surface area contributed by atoms with Crippen molar-refractivity contribution in [1.82, 2.24) is 9.55 Å². The summed E-state index contributed by atoms with van der Waals surface area (Å²) in [6.07, 6.45) is 4.10. The predicted molar refractivity (Wildman–Crippen MR) is 59.0 cm³/mol. The van der Waals surface area contributed by atoms with E-state index in [0.29, 0.717) is 18.8 Å². The minimum absolute atomic E-state index is 0.283. The number of aromatic nitrogens is 2. The van der Waals surface area contributed by atoms with E-state index in [1.165, 1.54) is 0 Å². The first-order chi connectivity index (χ1) is 6.40. The molecule has 3 N–H and O–H groups in total. The van der Waals surface area contributed by atoms with Crippen LogP contribution in [0.5, 0.6) is 0 Å². The number of imidazole rings is 1. The number of hydrogen-bond acceptors (Lipinski definition) is 3. The third kappa shape index (κ3) is 3.08. The number of aryl methyl sites for hydroxylation is 1. The summed E-state index contributed by atoms with van der Waals surface area (Å²) in [5.41, 5.74) is 4.80. The van der Waals surface area contributed by atoms with Crippen LogP contribution in [0, 0.1) is 0 Å². The van der Waals surface area contributed by atoms with E-state index in [1.807, 2.05) is 4.57 Å². The summed E-state index contributed by atoms with van der Waals surface area (Å²) in [7, 11) is 0. The maximum atomic E-state index is 9.55. The molecule has 0 amide bonds. The molecular formula is C9H15N3OS. The van der Waals surface area contributed by atoms with Crippen molar-refractivity contribution in [2.45, 2.75) is 32.4 Å². The molecule has 0 saturated heterocycles. The summed E-state index contributed by atoms with van der Waals surface area (Å²) >= 11 is 4.84. The van der Waals surface area contributed by atoms with Crippen molar-refractivity contribution in [2.75, 3.05) is 0 Å². The summed E-state index contributed by atoms with van der Waals surface area (Å²) in [4.78, 5) is 4.31. The van der Waals surface area contributed by atoms with Gasteiger partial charge in [0.15, 0.2) is 5.82 Å². The molecule has 0 atom stereocenters. The Hall–Kier alpha value is -0.940. The summed E-state index contributed by atoms with van der Waals surface area (Å²) in [5, 5.41) is 9.55. The molecule has 0 aliphatic rings. The van der Waals surface area contributed by atoms with Crippen LogP contribution in [-0.2, 0) is 6.54 Å². The monoisotopic (exact) mass is 213 g/mol. The van der Waals surface area contributed by atoms with Gasteiger partial charge in [-0.15, -0.1) is 0 Å². The number of nitrogens with zero attached hydrogens (tertiary/aromatic N) is 2. The van der Waals surface area contributed by atoms with Crippen molar-refractivity contribution in [1.29, 1.82) is 0 Å². The lowest BCUT2D eigenvalue weighted by Crippen LogP contribution is -2.23. The molecule has 78 valence electrons. The third-order valence-corrected chi connectivity index (χ3v) is 2.08. The molecule has 1 aromatic rings. The average Bonchev–Trinajstić information content (AvgIpc) is 2.46. The first-order valence-corrected chi connectivity index (χ1v) is 4.84. The fourth-order valence-corrected chi connectivity index (χ4v) is 1.28. The quantitative estimate of drug-likeness (QED) is 0.722. The van der Waals surface area contributed by atoms with Crippen LogP contribution in [0.25, 0.3) is 0 Å². The van der Waals surface area contributed by atoms with Crippen molar-refractivity contribution in [3.8, 4) is 0 Å². The normalized spacial score (nSPS) is 11.6. The lowest BCUT2D eigenvalue weighted by Gasteiger charge is -2.17. The van der Waals surface area contributed by atoms with E-state index in [0.717, 1.165) is 0 Å². The van der Waals surface area contributed by atoms with E-state index in [2.05, 4.69) is 4.98 Å². The second kappa shape index (κ2) is 4.06. The first-order valence-electron chi connectivity index (χ1n) is 4.43. The second-order valence-corrected chi connectivity index (χ2v) is 4.31. The summed E-state index contributed by atoms with van der Waals surface area (Å²) in [6, 6.07) is 0. The maximum absolute atomic E-state index is 9.55. The zero-order valence-electron chi connectivity index (χ0n) is 8.40. The number of thiocarbonyl (C=S) groups is 1. The van der Waals surface area contributed by atoms with Gasteiger partial charge in [0.2, 0.25) is 0 Å². The standard InChI is InChI=1S/C9H15N3OS/c1-9(2,13)3-5-12-6-4-11-8(12)7(10)14/h4,6,13H,3,5H2,1-2H3,(H2,10,14). The van der Waals surface area contributed by atoms with Crippen LogP contribution in [0.3, 0.4) is 0 Å². The second-order valence-electron chi connectivity index (χ2n) is 3.87. The van der Waals surface area contributed by atoms with Crippen LogP contribution in [0.4, 0.5) is 0 Å². The summed E-state index contributed by atoms with van der Waals surface area (Å²) < 4.78 is 1.85. The summed E-state index contributed by atoms with van der Waals surface area (Å²) in [6.45, 7) is 4.20. The molecular weight excluding hydrogens is 198 g/mol. The predicted octanol–water partition coefficient (Wildman–Crippen LogP) is 0.678. The molecule has 0 aromatic carbocycles. The first kappa shape index (κ1) is 11.1. The van der Waals surface area contributed by atoms with Crippen LogP contribution in [0.1, 0.15) is 26.1 Å². The lowest BCUT2D eigenvalue weighted by molar-refractivity contribution is 0.0662. The lowest BCUT2D eigenvalue weighted by atomic mass is 10.1. The van der Waals surface area contributed by atoms with E-state index in [9.17, 15) is 5.11 Å². The highest BCUT2D eigenvalue weighted by molar-refractivity contribution is 7.80. The molecule has 0 aliphatic heterocycles. The zero-order valence-corrected chi connectivity index (χ0v) is 9.21. The van der Waals surface area contributed by atoms with Gasteiger partial charge in [0.05, 0.1) is 5.60 Å². The van der Waals surface area contributed by atoms with Gasteiger partial charge in [0.25, 0.3) is 0 Å². The Kier molecular flexibility index (Phi) is 3.23. The highest BCUT2D eigenvalue weighted by Gasteiger charge is 2.13. The number of aliphatic hydroxyl groups is 1. The van der Waals surface area contributed by atoms with E-state index in [-0.39, 0.29) is 4.99 Å². The van der Waals surface area contributed by atoms with Crippen LogP contribution >= 0.6 is 12.2 Å². The highest BCUT2D eigenvalue weighted by Crippen LogP contribution is 2.10. The Morgan fingerprint density at radius 1 is 1.71 bits per heavy atom. The van der Waals surface area contributed by atoms with Crippen LogP contribution < -0.4 is 5.73 Å². The molecule has 1 heterocycles. The maximum Gasteiger partial charge on any atom is 0.167 e. The molecule has 0 aliphatic carbocycles. The Balaban J connectivity index is 2.68. The van der Waals surface area contributed by atoms with Gasteiger partial charge in [0, 0.05) is 18.9 Å². The summed E-state index contributed by atoms with van der Waals surface area (Å²) in [5.74, 6) is 0.601. The van der Waals surface area contributed by atoms with E-state index < -0.39 is 5.60 Å². The van der Waals surface area contributed by atoms with E-state index in [1.54, 1.807) is 26.2 Å². The van der Waals surface area contributed by atoms with E-state index in [4.69, 9.17) is 18.0 Å². The van der Waals surface area contributed by atoms with Gasteiger partial charge in [-0.25, -0.2) is 4.98 Å². The van der Waals surface area contributed by atoms with Crippen LogP contribution in [0.15, 0.2) is 12.4 Å². The largest absolute Gasteiger partial charge is 0.390 e. The molecule has 0 spiro atoms. The fourth-order valence-electron chi connectivity index (χ4n) is 1.11. The molecule has 5 heteroatoms. The molecule has 1 aromatic heterocycles.